The zero-order valence-corrected chi connectivity index (χ0v) is 18.2. The number of piperazine rings is 1. The van der Waals surface area contributed by atoms with E-state index in [9.17, 15) is 9.59 Å². The van der Waals surface area contributed by atoms with Gasteiger partial charge in [0.25, 0.3) is 0 Å². The third-order valence-corrected chi connectivity index (χ3v) is 6.39. The molecule has 0 bridgehead atoms. The fourth-order valence-electron chi connectivity index (χ4n) is 3.59. The van der Waals surface area contributed by atoms with E-state index in [0.29, 0.717) is 19.0 Å². The predicted octanol–water partition coefficient (Wildman–Crippen LogP) is 2.03. The van der Waals surface area contributed by atoms with Crippen molar-refractivity contribution in [1.82, 2.24) is 20.1 Å². The molecule has 0 atom stereocenters. The van der Waals surface area contributed by atoms with Crippen LogP contribution in [0.15, 0.2) is 29.6 Å². The van der Waals surface area contributed by atoms with Crippen LogP contribution in [0.3, 0.4) is 0 Å². The summed E-state index contributed by atoms with van der Waals surface area (Å²) in [5.41, 5.74) is 2.91. The predicted molar refractivity (Wildman–Crippen MR) is 119 cm³/mol. The lowest BCUT2D eigenvalue weighted by Gasteiger charge is -2.33. The van der Waals surface area contributed by atoms with E-state index in [1.807, 2.05) is 36.6 Å². The van der Waals surface area contributed by atoms with Gasteiger partial charge in [-0.2, -0.15) is 0 Å². The quantitative estimate of drug-likeness (QED) is 0.674. The molecule has 0 radical (unpaired) electrons. The van der Waals surface area contributed by atoms with Crippen molar-refractivity contribution in [3.8, 4) is 0 Å². The molecule has 7 nitrogen and oxygen atoms in total. The van der Waals surface area contributed by atoms with E-state index in [1.54, 1.807) is 0 Å². The second-order valence-corrected chi connectivity index (χ2v) is 9.11. The first-order valence-electron chi connectivity index (χ1n) is 10.6. The van der Waals surface area contributed by atoms with E-state index in [0.717, 1.165) is 67.5 Å². The lowest BCUT2D eigenvalue weighted by molar-refractivity contribution is -0.122. The van der Waals surface area contributed by atoms with Crippen LogP contribution in [0.5, 0.6) is 0 Å². The summed E-state index contributed by atoms with van der Waals surface area (Å²) in [6.45, 7) is 6.92. The molecule has 1 aromatic heterocycles. The molecular formula is C22H29N5O2S. The maximum atomic E-state index is 12.3. The van der Waals surface area contributed by atoms with Crippen molar-refractivity contribution in [3.63, 3.8) is 0 Å². The van der Waals surface area contributed by atoms with Gasteiger partial charge >= 0.3 is 0 Å². The molecule has 1 aliphatic carbocycles. The number of thiazole rings is 1. The number of hydrogen-bond acceptors (Lipinski definition) is 6. The number of carbonyl (C=O) groups is 2. The molecule has 2 fully saturated rings. The normalized spacial score (nSPS) is 17.6. The van der Waals surface area contributed by atoms with Gasteiger partial charge in [-0.25, -0.2) is 4.98 Å². The van der Waals surface area contributed by atoms with Crippen molar-refractivity contribution in [1.29, 1.82) is 0 Å². The van der Waals surface area contributed by atoms with Crippen LogP contribution in [0.1, 0.15) is 29.1 Å². The van der Waals surface area contributed by atoms with Crippen LogP contribution in [0.25, 0.3) is 0 Å². The Balaban J connectivity index is 1.19. The molecule has 2 amide bonds. The zero-order valence-electron chi connectivity index (χ0n) is 17.4. The van der Waals surface area contributed by atoms with Gasteiger partial charge in [0.15, 0.2) is 0 Å². The van der Waals surface area contributed by atoms with Crippen molar-refractivity contribution in [2.75, 3.05) is 38.0 Å². The molecule has 4 rings (SSSR count). The Hall–Kier alpha value is -2.29. The summed E-state index contributed by atoms with van der Waals surface area (Å²) in [7, 11) is 0. The molecule has 1 aromatic carbocycles. The molecule has 1 saturated carbocycles. The van der Waals surface area contributed by atoms with Crippen molar-refractivity contribution in [2.45, 2.75) is 38.8 Å². The number of nitrogens with zero attached hydrogens (tertiary/aromatic N) is 3. The molecule has 2 heterocycles. The molecule has 8 heteroatoms. The summed E-state index contributed by atoms with van der Waals surface area (Å²) in [6, 6.07) is 8.20. The minimum Gasteiger partial charge on any atom is -0.352 e. The molecule has 2 aliphatic rings. The number of aromatic nitrogens is 1. The summed E-state index contributed by atoms with van der Waals surface area (Å²) in [6.07, 6.45) is 2.55. The first-order valence-corrected chi connectivity index (χ1v) is 11.5. The fourth-order valence-corrected chi connectivity index (χ4v) is 4.37. The Morgan fingerprint density at radius 3 is 2.57 bits per heavy atom. The van der Waals surface area contributed by atoms with E-state index < -0.39 is 0 Å². The monoisotopic (exact) mass is 427 g/mol. The molecule has 1 saturated heterocycles. The number of carbonyl (C=O) groups excluding carboxylic acids is 2. The Bertz CT molecular complexity index is 887. The van der Waals surface area contributed by atoms with Gasteiger partial charge in [0.05, 0.1) is 18.7 Å². The molecule has 30 heavy (non-hydrogen) atoms. The highest BCUT2D eigenvalue weighted by molar-refractivity contribution is 7.09. The number of amides is 2. The van der Waals surface area contributed by atoms with Crippen LogP contribution in [0.2, 0.25) is 0 Å². The molecule has 2 N–H and O–H groups in total. The average molecular weight is 428 g/mol. The van der Waals surface area contributed by atoms with Crippen LogP contribution in [0, 0.1) is 6.92 Å². The van der Waals surface area contributed by atoms with E-state index >= 15 is 0 Å². The van der Waals surface area contributed by atoms with Crippen LogP contribution in [-0.2, 0) is 22.6 Å². The second-order valence-electron chi connectivity index (χ2n) is 8.17. The number of rotatable bonds is 8. The third-order valence-electron chi connectivity index (χ3n) is 5.49. The molecule has 160 valence electrons. The minimum absolute atomic E-state index is 0.0386. The number of benzene rings is 1. The standard InChI is InChI=1S/C22H29N5O2S/c1-16-4-2-3-5-19(16)25-20(28)12-22-24-18(15-30-22)13-26-8-10-27(11-9-26)14-21(29)23-17-6-7-17/h2-5,15,17H,6-14H2,1H3,(H,23,29)(H,25,28). The summed E-state index contributed by atoms with van der Waals surface area (Å²) in [5, 5.41) is 8.90. The molecule has 0 unspecified atom stereocenters. The Morgan fingerprint density at radius 1 is 1.10 bits per heavy atom. The number of aryl methyl sites for hydroxylation is 1. The Morgan fingerprint density at radius 2 is 1.83 bits per heavy atom. The van der Waals surface area contributed by atoms with Gasteiger partial charge in [0.1, 0.15) is 5.01 Å². The Kier molecular flexibility index (Phi) is 6.76. The van der Waals surface area contributed by atoms with Gasteiger partial charge in [-0.05, 0) is 31.4 Å². The topological polar surface area (TPSA) is 77.6 Å². The summed E-state index contributed by atoms with van der Waals surface area (Å²) < 4.78 is 0. The van der Waals surface area contributed by atoms with E-state index in [-0.39, 0.29) is 11.8 Å². The highest BCUT2D eigenvalue weighted by Gasteiger charge is 2.25. The molecule has 1 aliphatic heterocycles. The lowest BCUT2D eigenvalue weighted by Crippen LogP contribution is -2.49. The summed E-state index contributed by atoms with van der Waals surface area (Å²) >= 11 is 1.54. The van der Waals surface area contributed by atoms with Crippen LogP contribution in [-0.4, -0.2) is 65.4 Å². The van der Waals surface area contributed by atoms with Gasteiger partial charge < -0.3 is 10.6 Å². The van der Waals surface area contributed by atoms with Crippen LogP contribution < -0.4 is 10.6 Å². The van der Waals surface area contributed by atoms with Crippen LogP contribution in [0.4, 0.5) is 5.69 Å². The van der Waals surface area contributed by atoms with Gasteiger partial charge in [0.2, 0.25) is 11.8 Å². The van der Waals surface area contributed by atoms with Gasteiger partial charge in [-0.3, -0.25) is 19.4 Å². The maximum Gasteiger partial charge on any atom is 0.234 e. The molecule has 2 aromatic rings. The third kappa shape index (κ3) is 6.10. The largest absolute Gasteiger partial charge is 0.352 e. The molecular weight excluding hydrogens is 398 g/mol. The fraction of sp³-hybridized carbons (Fsp3) is 0.500. The van der Waals surface area contributed by atoms with Crippen molar-refractivity contribution in [3.05, 3.63) is 45.9 Å². The number of anilines is 1. The SMILES string of the molecule is Cc1ccccc1NC(=O)Cc1nc(CN2CCN(CC(=O)NC3CC3)CC2)cs1. The van der Waals surface area contributed by atoms with Crippen LogP contribution >= 0.6 is 11.3 Å². The summed E-state index contributed by atoms with van der Waals surface area (Å²) in [4.78, 5) is 33.5. The van der Waals surface area contributed by atoms with Crippen molar-refractivity contribution in [2.24, 2.45) is 0 Å². The van der Waals surface area contributed by atoms with Gasteiger partial charge in [0, 0.05) is 49.8 Å². The van der Waals surface area contributed by atoms with E-state index in [2.05, 4.69) is 25.4 Å². The first-order chi connectivity index (χ1) is 14.5. The van der Waals surface area contributed by atoms with E-state index in [1.165, 1.54) is 11.3 Å². The maximum absolute atomic E-state index is 12.3. The number of hydrogen-bond donors (Lipinski definition) is 2. The zero-order chi connectivity index (χ0) is 20.9. The number of para-hydroxylation sites is 1. The highest BCUT2D eigenvalue weighted by atomic mass is 32.1. The lowest BCUT2D eigenvalue weighted by atomic mass is 10.2. The van der Waals surface area contributed by atoms with Crippen molar-refractivity contribution >= 4 is 28.8 Å². The molecule has 0 spiro atoms. The smallest absolute Gasteiger partial charge is 0.234 e. The first kappa shape index (κ1) is 21.0. The van der Waals surface area contributed by atoms with Crippen molar-refractivity contribution < 1.29 is 9.59 Å². The average Bonchev–Trinajstić information content (AvgIpc) is 3.42. The summed E-state index contributed by atoms with van der Waals surface area (Å²) in [5.74, 6) is 0.113. The number of nitrogens with one attached hydrogen (secondary N) is 2. The van der Waals surface area contributed by atoms with Gasteiger partial charge in [-0.1, -0.05) is 18.2 Å². The highest BCUT2D eigenvalue weighted by Crippen LogP contribution is 2.19. The minimum atomic E-state index is -0.0386. The van der Waals surface area contributed by atoms with Gasteiger partial charge in [-0.15, -0.1) is 11.3 Å². The van der Waals surface area contributed by atoms with E-state index in [4.69, 9.17) is 0 Å². The Labute approximate surface area is 181 Å². The second kappa shape index (κ2) is 9.68.